The van der Waals surface area contributed by atoms with Crippen molar-refractivity contribution in [2.24, 2.45) is 7.05 Å². The molecule has 0 fully saturated rings. The van der Waals surface area contributed by atoms with Gasteiger partial charge in [-0.2, -0.15) is 0 Å². The van der Waals surface area contributed by atoms with Crippen molar-refractivity contribution in [3.63, 3.8) is 0 Å². The lowest BCUT2D eigenvalue weighted by Gasteiger charge is -2.26. The van der Waals surface area contributed by atoms with Crippen LogP contribution in [0, 0.1) is 0 Å². The van der Waals surface area contributed by atoms with Crippen molar-refractivity contribution in [2.45, 2.75) is 12.3 Å². The highest BCUT2D eigenvalue weighted by Gasteiger charge is 2.33. The van der Waals surface area contributed by atoms with E-state index in [1.165, 1.54) is 0 Å². The second-order valence-corrected chi connectivity index (χ2v) is 6.13. The van der Waals surface area contributed by atoms with Gasteiger partial charge < -0.3 is 14.0 Å². The molecule has 1 atom stereocenters. The number of aromatic nitrogens is 1. The van der Waals surface area contributed by atoms with Crippen LogP contribution in [-0.4, -0.2) is 17.6 Å². The Morgan fingerprint density at radius 1 is 1.08 bits per heavy atom. The molecule has 3 aromatic rings. The molecule has 2 heterocycles. The average molecular weight is 335 g/mol. The Morgan fingerprint density at radius 2 is 1.80 bits per heavy atom. The fourth-order valence-electron chi connectivity index (χ4n) is 3.45. The van der Waals surface area contributed by atoms with E-state index in [1.807, 2.05) is 48.5 Å². The zero-order valence-electron chi connectivity index (χ0n) is 14.0. The Morgan fingerprint density at radius 3 is 2.52 bits per heavy atom. The Bertz CT molecular complexity index is 1030. The number of para-hydroxylation sites is 1. The summed E-state index contributed by atoms with van der Waals surface area (Å²) in [5.74, 6) is 0.460. The Labute approximate surface area is 144 Å². The fraction of sp³-hybridized carbons (Fsp3) is 0.200. The predicted molar refractivity (Wildman–Crippen MR) is 94.3 cm³/mol. The first-order valence-electron chi connectivity index (χ1n) is 8.06. The number of methoxy groups -OCH3 is 1. The zero-order valence-corrected chi connectivity index (χ0v) is 14.0. The molecule has 25 heavy (non-hydrogen) atoms. The van der Waals surface area contributed by atoms with E-state index in [2.05, 4.69) is 0 Å². The maximum atomic E-state index is 13.0. The van der Waals surface area contributed by atoms with Crippen LogP contribution >= 0.6 is 0 Å². The molecular formula is C20H17NO4. The van der Waals surface area contributed by atoms with Gasteiger partial charge in [0.25, 0.3) is 5.56 Å². The van der Waals surface area contributed by atoms with Crippen LogP contribution in [0.25, 0.3) is 10.9 Å². The Hall–Kier alpha value is -3.08. The van der Waals surface area contributed by atoms with E-state index in [0.717, 1.165) is 22.2 Å². The molecule has 0 saturated heterocycles. The minimum Gasteiger partial charge on any atom is -0.497 e. The molecule has 1 aromatic heterocycles. The molecule has 2 aromatic carbocycles. The molecule has 0 N–H and O–H groups in total. The summed E-state index contributed by atoms with van der Waals surface area (Å²) in [7, 11) is 3.34. The van der Waals surface area contributed by atoms with Crippen molar-refractivity contribution < 1.29 is 14.3 Å². The molecule has 5 nitrogen and oxygen atoms in total. The fourth-order valence-corrected chi connectivity index (χ4v) is 3.45. The summed E-state index contributed by atoms with van der Waals surface area (Å²) in [5, 5.41) is 0.770. The summed E-state index contributed by atoms with van der Waals surface area (Å²) in [6.07, 6.45) is 0.146. The minimum absolute atomic E-state index is 0.137. The molecule has 0 amide bonds. The van der Waals surface area contributed by atoms with Gasteiger partial charge in [-0.1, -0.05) is 24.3 Å². The average Bonchev–Trinajstić information content (AvgIpc) is 2.65. The van der Waals surface area contributed by atoms with Crippen molar-refractivity contribution in [3.8, 4) is 11.5 Å². The van der Waals surface area contributed by atoms with Crippen LogP contribution in [0.2, 0.25) is 0 Å². The summed E-state index contributed by atoms with van der Waals surface area (Å²) in [6.45, 7) is 0. The molecule has 1 aliphatic rings. The van der Waals surface area contributed by atoms with E-state index in [9.17, 15) is 9.59 Å². The number of rotatable bonds is 2. The molecule has 126 valence electrons. The molecule has 5 heteroatoms. The highest BCUT2D eigenvalue weighted by Crippen LogP contribution is 2.40. The molecule has 0 bridgehead atoms. The zero-order chi connectivity index (χ0) is 17.6. The number of benzene rings is 2. The van der Waals surface area contributed by atoms with Crippen molar-refractivity contribution in [1.82, 2.24) is 4.57 Å². The van der Waals surface area contributed by atoms with Gasteiger partial charge in [0, 0.05) is 18.4 Å². The first kappa shape index (κ1) is 15.4. The second kappa shape index (κ2) is 5.77. The number of ether oxygens (including phenoxy) is 2. The number of carbonyl (C=O) groups is 1. The first-order valence-corrected chi connectivity index (χ1v) is 8.06. The highest BCUT2D eigenvalue weighted by molar-refractivity contribution is 5.91. The van der Waals surface area contributed by atoms with Crippen molar-refractivity contribution in [1.29, 1.82) is 0 Å². The molecule has 1 aliphatic heterocycles. The number of aryl methyl sites for hydroxylation is 1. The topological polar surface area (TPSA) is 57.5 Å². The largest absolute Gasteiger partial charge is 0.497 e. The highest BCUT2D eigenvalue weighted by atomic mass is 16.5. The number of fused-ring (bicyclic) bond motifs is 3. The lowest BCUT2D eigenvalue weighted by Crippen LogP contribution is -2.31. The van der Waals surface area contributed by atoms with E-state index in [1.54, 1.807) is 18.7 Å². The lowest BCUT2D eigenvalue weighted by atomic mass is 9.86. The van der Waals surface area contributed by atoms with Gasteiger partial charge in [0.15, 0.2) is 0 Å². The maximum absolute atomic E-state index is 13.0. The number of pyridine rings is 1. The molecule has 0 aliphatic carbocycles. The molecular weight excluding hydrogens is 318 g/mol. The van der Waals surface area contributed by atoms with Gasteiger partial charge in [-0.05, 0) is 29.8 Å². The normalized spacial score (nSPS) is 16.4. The number of carbonyl (C=O) groups excluding carboxylic acids is 1. The van der Waals surface area contributed by atoms with E-state index in [4.69, 9.17) is 9.47 Å². The number of hydrogen-bond acceptors (Lipinski definition) is 4. The van der Waals surface area contributed by atoms with Crippen molar-refractivity contribution in [3.05, 3.63) is 70.0 Å². The maximum Gasteiger partial charge on any atom is 0.312 e. The molecule has 0 unspecified atom stereocenters. The Balaban J connectivity index is 1.99. The van der Waals surface area contributed by atoms with Gasteiger partial charge in [0.05, 0.1) is 24.6 Å². The summed E-state index contributed by atoms with van der Waals surface area (Å²) < 4.78 is 12.3. The lowest BCUT2D eigenvalue weighted by molar-refractivity contribution is -0.135. The smallest absolute Gasteiger partial charge is 0.312 e. The van der Waals surface area contributed by atoms with Gasteiger partial charge in [0.1, 0.15) is 11.5 Å². The predicted octanol–water partition coefficient (Wildman–Crippen LogP) is 2.99. The monoisotopic (exact) mass is 335 g/mol. The molecule has 0 radical (unpaired) electrons. The van der Waals surface area contributed by atoms with Crippen LogP contribution in [0.1, 0.15) is 23.5 Å². The van der Waals surface area contributed by atoms with Crippen LogP contribution in [-0.2, 0) is 11.8 Å². The van der Waals surface area contributed by atoms with Crippen LogP contribution in [0.15, 0.2) is 53.3 Å². The summed E-state index contributed by atoms with van der Waals surface area (Å²) >= 11 is 0. The van der Waals surface area contributed by atoms with Gasteiger partial charge >= 0.3 is 5.97 Å². The van der Waals surface area contributed by atoms with Crippen molar-refractivity contribution in [2.75, 3.05) is 7.11 Å². The third-order valence-corrected chi connectivity index (χ3v) is 4.74. The van der Waals surface area contributed by atoms with Gasteiger partial charge in [-0.15, -0.1) is 0 Å². The van der Waals surface area contributed by atoms with Gasteiger partial charge in [0.2, 0.25) is 0 Å². The second-order valence-electron chi connectivity index (χ2n) is 6.13. The third-order valence-electron chi connectivity index (χ3n) is 4.74. The minimum atomic E-state index is -0.328. The Kier molecular flexibility index (Phi) is 3.57. The van der Waals surface area contributed by atoms with Crippen molar-refractivity contribution >= 4 is 16.9 Å². The van der Waals surface area contributed by atoms with E-state index >= 15 is 0 Å². The van der Waals surface area contributed by atoms with Gasteiger partial charge in [-0.25, -0.2) is 0 Å². The van der Waals surface area contributed by atoms with E-state index in [0.29, 0.717) is 11.3 Å². The summed E-state index contributed by atoms with van der Waals surface area (Å²) in [6, 6.07) is 14.9. The molecule has 0 spiro atoms. The molecule has 0 saturated carbocycles. The quantitative estimate of drug-likeness (QED) is 0.676. The third kappa shape index (κ3) is 2.39. The first-order chi connectivity index (χ1) is 12.1. The number of nitrogens with zero attached hydrogens (tertiary/aromatic N) is 1. The van der Waals surface area contributed by atoms with E-state index in [-0.39, 0.29) is 23.9 Å². The van der Waals surface area contributed by atoms with Crippen LogP contribution in [0.3, 0.4) is 0 Å². The number of esters is 1. The molecule has 4 rings (SSSR count). The van der Waals surface area contributed by atoms with E-state index < -0.39 is 0 Å². The van der Waals surface area contributed by atoms with Crippen LogP contribution in [0.4, 0.5) is 0 Å². The summed E-state index contributed by atoms with van der Waals surface area (Å²) in [5.41, 5.74) is 2.04. The van der Waals surface area contributed by atoms with Gasteiger partial charge in [-0.3, -0.25) is 9.59 Å². The summed E-state index contributed by atoms with van der Waals surface area (Å²) in [4.78, 5) is 25.2. The standard InChI is InChI=1S/C20H17NO4/c1-21-16-6-4-3-5-14(16)19-18(20(21)23)15(11-17(22)25-19)12-7-9-13(24-2)10-8-12/h3-10,15H,11H2,1-2H3/t15-/m1/s1. The number of hydrogen-bond donors (Lipinski definition) is 0. The van der Waals surface area contributed by atoms with Crippen LogP contribution < -0.4 is 15.0 Å². The SMILES string of the molecule is COc1ccc([C@H]2CC(=O)Oc3c2c(=O)n(C)c2ccccc32)cc1. The van der Waals surface area contributed by atoms with Crippen LogP contribution in [0.5, 0.6) is 11.5 Å².